The normalized spacial score (nSPS) is 15.8. The van der Waals surface area contributed by atoms with Gasteiger partial charge < -0.3 is 0 Å². The van der Waals surface area contributed by atoms with Crippen molar-refractivity contribution in [2.75, 3.05) is 0 Å². The van der Waals surface area contributed by atoms with Crippen LogP contribution in [-0.4, -0.2) is 4.98 Å². The van der Waals surface area contributed by atoms with Crippen LogP contribution >= 0.6 is 15.9 Å². The molecule has 1 aromatic rings. The lowest BCUT2D eigenvalue weighted by molar-refractivity contribution is 0.734. The number of halogens is 1. The quantitative estimate of drug-likeness (QED) is 0.725. The minimum Gasteiger partial charge on any atom is -0.256 e. The van der Waals surface area contributed by atoms with Gasteiger partial charge in [0.1, 0.15) is 0 Å². The van der Waals surface area contributed by atoms with Gasteiger partial charge in [0.2, 0.25) is 6.17 Å². The van der Waals surface area contributed by atoms with Crippen LogP contribution in [0.5, 0.6) is 0 Å². The van der Waals surface area contributed by atoms with E-state index in [4.69, 9.17) is 0 Å². The average Bonchev–Trinajstić information content (AvgIpc) is 2.58. The molecular formula is C6H4BrN5. The van der Waals surface area contributed by atoms with Gasteiger partial charge >= 0.3 is 0 Å². The first-order valence-corrected chi connectivity index (χ1v) is 4.07. The number of nitrogens with zero attached hydrogens (tertiary/aromatic N) is 5. The molecule has 5 nitrogen and oxygen atoms in total. The Morgan fingerprint density at radius 2 is 1.92 bits per heavy atom. The lowest BCUT2D eigenvalue weighted by Gasteiger charge is -1.98. The van der Waals surface area contributed by atoms with Crippen LogP contribution in [0.25, 0.3) is 0 Å². The molecule has 0 spiro atoms. The molecule has 0 saturated heterocycles. The summed E-state index contributed by atoms with van der Waals surface area (Å²) in [5.74, 6) is 0. The maximum absolute atomic E-state index is 4.11. The van der Waals surface area contributed by atoms with E-state index >= 15 is 0 Å². The van der Waals surface area contributed by atoms with E-state index in [1.807, 2.05) is 12.1 Å². The van der Waals surface area contributed by atoms with Crippen LogP contribution in [0.3, 0.4) is 0 Å². The van der Waals surface area contributed by atoms with Gasteiger partial charge in [0.25, 0.3) is 0 Å². The highest BCUT2D eigenvalue weighted by Crippen LogP contribution is 2.22. The zero-order chi connectivity index (χ0) is 8.39. The molecule has 0 atom stereocenters. The molecule has 1 aliphatic heterocycles. The highest BCUT2D eigenvalue weighted by atomic mass is 79.9. The van der Waals surface area contributed by atoms with E-state index in [0.29, 0.717) is 0 Å². The van der Waals surface area contributed by atoms with Crippen molar-refractivity contribution < 1.29 is 0 Å². The fraction of sp³-hybridized carbons (Fsp3) is 0.167. The van der Waals surface area contributed by atoms with E-state index in [9.17, 15) is 0 Å². The van der Waals surface area contributed by atoms with Crippen LogP contribution in [0.1, 0.15) is 11.9 Å². The summed E-state index contributed by atoms with van der Waals surface area (Å²) in [7, 11) is 0. The van der Waals surface area contributed by atoms with Crippen molar-refractivity contribution in [1.82, 2.24) is 4.98 Å². The third kappa shape index (κ3) is 1.38. The summed E-state index contributed by atoms with van der Waals surface area (Å²) in [5.41, 5.74) is 0.753. The van der Waals surface area contributed by atoms with Gasteiger partial charge in [0.05, 0.1) is 5.69 Å². The molecule has 60 valence electrons. The highest BCUT2D eigenvalue weighted by Gasteiger charge is 2.13. The van der Waals surface area contributed by atoms with Gasteiger partial charge in [-0.1, -0.05) is 0 Å². The molecule has 1 aromatic heterocycles. The van der Waals surface area contributed by atoms with E-state index in [1.165, 1.54) is 0 Å². The van der Waals surface area contributed by atoms with Gasteiger partial charge in [-0.2, -0.15) is 0 Å². The summed E-state index contributed by atoms with van der Waals surface area (Å²) >= 11 is 3.28. The zero-order valence-corrected chi connectivity index (χ0v) is 7.51. The predicted molar refractivity (Wildman–Crippen MR) is 44.4 cm³/mol. The Kier molecular flexibility index (Phi) is 1.91. The minimum absolute atomic E-state index is 0.349. The fourth-order valence-corrected chi connectivity index (χ4v) is 1.06. The van der Waals surface area contributed by atoms with E-state index < -0.39 is 0 Å². The van der Waals surface area contributed by atoms with Crippen LogP contribution < -0.4 is 0 Å². The van der Waals surface area contributed by atoms with E-state index in [0.717, 1.165) is 10.2 Å². The summed E-state index contributed by atoms with van der Waals surface area (Å²) in [6, 6.07) is 3.71. The molecule has 0 N–H and O–H groups in total. The van der Waals surface area contributed by atoms with Crippen molar-refractivity contribution in [3.8, 4) is 0 Å². The summed E-state index contributed by atoms with van der Waals surface area (Å²) < 4.78 is 0.929. The van der Waals surface area contributed by atoms with Gasteiger partial charge in [-0.3, -0.25) is 4.98 Å². The molecule has 0 amide bonds. The summed E-state index contributed by atoms with van der Waals surface area (Å²) in [5, 5.41) is 14.3. The first kappa shape index (κ1) is 7.48. The Balaban J connectivity index is 2.29. The third-order valence-electron chi connectivity index (χ3n) is 1.38. The highest BCUT2D eigenvalue weighted by molar-refractivity contribution is 9.10. The summed E-state index contributed by atoms with van der Waals surface area (Å²) in [6.45, 7) is 0. The van der Waals surface area contributed by atoms with Crippen LogP contribution in [0.15, 0.2) is 43.5 Å². The Bertz CT molecular complexity index is 318. The van der Waals surface area contributed by atoms with E-state index in [1.54, 1.807) is 6.20 Å². The molecule has 0 aliphatic carbocycles. The first-order chi connectivity index (χ1) is 5.86. The molecule has 1 aliphatic rings. The lowest BCUT2D eigenvalue weighted by Crippen LogP contribution is -1.91. The second-order valence-corrected chi connectivity index (χ2v) is 3.10. The van der Waals surface area contributed by atoms with Crippen molar-refractivity contribution in [3.63, 3.8) is 0 Å². The second kappa shape index (κ2) is 3.06. The van der Waals surface area contributed by atoms with E-state index in [2.05, 4.69) is 41.6 Å². The maximum atomic E-state index is 4.11. The summed E-state index contributed by atoms with van der Waals surface area (Å²) in [6.07, 6.45) is 1.34. The molecule has 0 radical (unpaired) electrons. The number of rotatable bonds is 1. The molecule has 0 saturated carbocycles. The largest absolute Gasteiger partial charge is 0.256 e. The number of hydrogen-bond acceptors (Lipinski definition) is 5. The topological polar surface area (TPSA) is 62.3 Å². The van der Waals surface area contributed by atoms with Crippen molar-refractivity contribution >= 4 is 15.9 Å². The molecule has 0 bridgehead atoms. The van der Waals surface area contributed by atoms with Crippen molar-refractivity contribution in [2.24, 2.45) is 20.7 Å². The van der Waals surface area contributed by atoms with Gasteiger partial charge in [0.15, 0.2) is 0 Å². The Morgan fingerprint density at radius 3 is 2.50 bits per heavy atom. The van der Waals surface area contributed by atoms with Gasteiger partial charge in [-0.05, 0) is 38.5 Å². The molecule has 2 heterocycles. The fourth-order valence-electron chi connectivity index (χ4n) is 0.825. The standard InChI is InChI=1S/C6H4BrN5/c7-4-1-2-5(8-3-4)6-9-11-12-10-6/h1-3,6H. The van der Waals surface area contributed by atoms with Crippen LogP contribution in [0, 0.1) is 0 Å². The Hall–Kier alpha value is -1.17. The van der Waals surface area contributed by atoms with Crippen molar-refractivity contribution in [2.45, 2.75) is 6.17 Å². The van der Waals surface area contributed by atoms with E-state index in [-0.39, 0.29) is 6.17 Å². The van der Waals surface area contributed by atoms with Crippen LogP contribution in [-0.2, 0) is 0 Å². The minimum atomic E-state index is -0.349. The molecule has 6 heteroatoms. The van der Waals surface area contributed by atoms with Crippen molar-refractivity contribution in [1.29, 1.82) is 0 Å². The Morgan fingerprint density at radius 1 is 1.17 bits per heavy atom. The van der Waals surface area contributed by atoms with Gasteiger partial charge in [0, 0.05) is 10.7 Å². The Labute approximate surface area is 76.7 Å². The van der Waals surface area contributed by atoms with Gasteiger partial charge in [-0.15, -0.1) is 10.2 Å². The lowest BCUT2D eigenvalue weighted by atomic mass is 10.3. The molecule has 0 aromatic carbocycles. The SMILES string of the molecule is Brc1ccc(C2N=NN=N2)nc1. The molecule has 2 rings (SSSR count). The van der Waals surface area contributed by atoms with Gasteiger partial charge in [-0.25, -0.2) is 0 Å². The number of pyridine rings is 1. The van der Waals surface area contributed by atoms with Crippen LogP contribution in [0.4, 0.5) is 0 Å². The average molecular weight is 226 g/mol. The monoisotopic (exact) mass is 225 g/mol. The second-order valence-electron chi connectivity index (χ2n) is 2.18. The molecule has 12 heavy (non-hydrogen) atoms. The third-order valence-corrected chi connectivity index (χ3v) is 1.85. The van der Waals surface area contributed by atoms with Crippen molar-refractivity contribution in [3.05, 3.63) is 28.5 Å². The smallest absolute Gasteiger partial charge is 0.226 e. The maximum Gasteiger partial charge on any atom is 0.226 e. The predicted octanol–water partition coefficient (Wildman–Crippen LogP) is 2.68. The summed E-state index contributed by atoms with van der Waals surface area (Å²) in [4.78, 5) is 4.11. The van der Waals surface area contributed by atoms with Crippen LogP contribution in [0.2, 0.25) is 0 Å². The molecular weight excluding hydrogens is 222 g/mol. The zero-order valence-electron chi connectivity index (χ0n) is 5.92. The molecule has 0 fully saturated rings. The molecule has 0 unspecified atom stereocenters. The number of hydrogen-bond donors (Lipinski definition) is 0. The first-order valence-electron chi connectivity index (χ1n) is 3.28. The number of aromatic nitrogens is 1.